The minimum Gasteiger partial charge on any atom is -0.444 e. The SMILES string of the molecule is CN1CCCN(c2ccc3c(c2)CN(C(=O)OC(C)(C)C)CC3)C1=O. The van der Waals surface area contributed by atoms with Crippen LogP contribution in [-0.2, 0) is 17.7 Å². The summed E-state index contributed by atoms with van der Waals surface area (Å²) in [5.41, 5.74) is 2.74. The molecule has 3 rings (SSSR count). The predicted molar refractivity (Wildman–Crippen MR) is 96.8 cm³/mol. The molecule has 0 atom stereocenters. The van der Waals surface area contributed by atoms with E-state index in [2.05, 4.69) is 6.07 Å². The molecule has 6 heteroatoms. The summed E-state index contributed by atoms with van der Waals surface area (Å²) >= 11 is 0. The number of rotatable bonds is 1. The summed E-state index contributed by atoms with van der Waals surface area (Å²) in [7, 11) is 1.83. The number of hydrogen-bond acceptors (Lipinski definition) is 3. The second-order valence-electron chi connectivity index (χ2n) is 7.81. The predicted octanol–water partition coefficient (Wildman–Crippen LogP) is 3.24. The average molecular weight is 345 g/mol. The van der Waals surface area contributed by atoms with Gasteiger partial charge in [-0.25, -0.2) is 9.59 Å². The molecule has 0 saturated carbocycles. The maximum Gasteiger partial charge on any atom is 0.410 e. The van der Waals surface area contributed by atoms with Crippen molar-refractivity contribution < 1.29 is 14.3 Å². The van der Waals surface area contributed by atoms with Crippen LogP contribution in [-0.4, -0.2) is 54.2 Å². The molecule has 0 spiro atoms. The molecule has 2 heterocycles. The highest BCUT2D eigenvalue weighted by Crippen LogP contribution is 2.27. The minimum absolute atomic E-state index is 0.0333. The quantitative estimate of drug-likeness (QED) is 0.785. The maximum absolute atomic E-state index is 12.4. The third-order valence-electron chi connectivity index (χ3n) is 4.60. The van der Waals surface area contributed by atoms with Gasteiger partial charge in [-0.1, -0.05) is 6.07 Å². The molecule has 0 unspecified atom stereocenters. The summed E-state index contributed by atoms with van der Waals surface area (Å²) < 4.78 is 5.49. The van der Waals surface area contributed by atoms with Crippen LogP contribution < -0.4 is 4.90 Å². The van der Waals surface area contributed by atoms with Gasteiger partial charge in [-0.2, -0.15) is 0 Å². The summed E-state index contributed by atoms with van der Waals surface area (Å²) in [6, 6.07) is 6.17. The molecule has 0 bridgehead atoms. The number of urea groups is 1. The molecule has 0 aliphatic carbocycles. The summed E-state index contributed by atoms with van der Waals surface area (Å²) in [5, 5.41) is 0. The Morgan fingerprint density at radius 3 is 2.60 bits per heavy atom. The van der Waals surface area contributed by atoms with Crippen molar-refractivity contribution in [1.29, 1.82) is 0 Å². The van der Waals surface area contributed by atoms with E-state index in [-0.39, 0.29) is 12.1 Å². The average Bonchev–Trinajstić information content (AvgIpc) is 2.55. The van der Waals surface area contributed by atoms with Gasteiger partial charge < -0.3 is 14.5 Å². The van der Waals surface area contributed by atoms with E-state index in [1.807, 2.05) is 44.9 Å². The number of benzene rings is 1. The van der Waals surface area contributed by atoms with Gasteiger partial charge in [-0.3, -0.25) is 4.90 Å². The number of amides is 3. The molecule has 1 fully saturated rings. The van der Waals surface area contributed by atoms with E-state index in [4.69, 9.17) is 4.74 Å². The Morgan fingerprint density at radius 2 is 1.88 bits per heavy atom. The molecule has 0 aromatic heterocycles. The fraction of sp³-hybridized carbons (Fsp3) is 0.579. The fourth-order valence-electron chi connectivity index (χ4n) is 3.30. The van der Waals surface area contributed by atoms with Gasteiger partial charge in [0.05, 0.1) is 0 Å². The number of anilines is 1. The number of fused-ring (bicyclic) bond motifs is 1. The lowest BCUT2D eigenvalue weighted by Crippen LogP contribution is -2.47. The minimum atomic E-state index is -0.496. The lowest BCUT2D eigenvalue weighted by atomic mass is 9.99. The first kappa shape index (κ1) is 17.6. The highest BCUT2D eigenvalue weighted by Gasteiger charge is 2.28. The van der Waals surface area contributed by atoms with E-state index in [0.29, 0.717) is 13.1 Å². The number of carbonyl (C=O) groups is 2. The van der Waals surface area contributed by atoms with Gasteiger partial charge in [-0.15, -0.1) is 0 Å². The summed E-state index contributed by atoms with van der Waals surface area (Å²) in [6.45, 7) is 8.34. The zero-order valence-corrected chi connectivity index (χ0v) is 15.5. The molecular formula is C19H27N3O3. The van der Waals surface area contributed by atoms with Gasteiger partial charge in [0.2, 0.25) is 0 Å². The Kier molecular flexibility index (Phi) is 4.62. The zero-order chi connectivity index (χ0) is 18.2. The monoisotopic (exact) mass is 345 g/mol. The van der Waals surface area contributed by atoms with Gasteiger partial charge in [0, 0.05) is 38.9 Å². The third kappa shape index (κ3) is 3.89. The second kappa shape index (κ2) is 6.58. The van der Waals surface area contributed by atoms with Gasteiger partial charge in [0.25, 0.3) is 0 Å². The molecule has 3 amide bonds. The van der Waals surface area contributed by atoms with Crippen molar-refractivity contribution >= 4 is 17.8 Å². The van der Waals surface area contributed by atoms with E-state index in [0.717, 1.165) is 37.2 Å². The van der Waals surface area contributed by atoms with Gasteiger partial charge in [0.15, 0.2) is 0 Å². The number of hydrogen-bond donors (Lipinski definition) is 0. The molecule has 1 aromatic carbocycles. The number of carbonyl (C=O) groups excluding carboxylic acids is 2. The maximum atomic E-state index is 12.4. The lowest BCUT2D eigenvalue weighted by molar-refractivity contribution is 0.0224. The van der Waals surface area contributed by atoms with E-state index < -0.39 is 5.60 Å². The Hall–Kier alpha value is -2.24. The highest BCUT2D eigenvalue weighted by atomic mass is 16.6. The second-order valence-corrected chi connectivity index (χ2v) is 7.81. The number of ether oxygens (including phenoxy) is 1. The zero-order valence-electron chi connectivity index (χ0n) is 15.5. The molecule has 1 aromatic rings. The molecule has 0 N–H and O–H groups in total. The van der Waals surface area contributed by atoms with Crippen LogP contribution in [0.4, 0.5) is 15.3 Å². The van der Waals surface area contributed by atoms with Crippen LogP contribution in [0.3, 0.4) is 0 Å². The van der Waals surface area contributed by atoms with Gasteiger partial charge >= 0.3 is 12.1 Å². The van der Waals surface area contributed by atoms with Crippen LogP contribution in [0.2, 0.25) is 0 Å². The first-order valence-electron chi connectivity index (χ1n) is 8.87. The van der Waals surface area contributed by atoms with Crippen molar-refractivity contribution in [2.24, 2.45) is 0 Å². The van der Waals surface area contributed by atoms with Crippen LogP contribution >= 0.6 is 0 Å². The Labute approximate surface area is 149 Å². The number of nitrogens with zero attached hydrogens (tertiary/aromatic N) is 3. The first-order chi connectivity index (χ1) is 11.7. The standard InChI is InChI=1S/C19H27N3O3/c1-19(2,3)25-18(24)21-11-8-14-6-7-16(12-15(14)13-21)22-10-5-9-20(4)17(22)23/h6-7,12H,5,8-11,13H2,1-4H3. The summed E-state index contributed by atoms with van der Waals surface area (Å²) in [4.78, 5) is 30.0. The molecule has 136 valence electrons. The molecule has 2 aliphatic rings. The first-order valence-corrected chi connectivity index (χ1v) is 8.87. The van der Waals surface area contributed by atoms with Crippen molar-refractivity contribution in [2.45, 2.75) is 45.8 Å². The van der Waals surface area contributed by atoms with Crippen LogP contribution in [0, 0.1) is 0 Å². The third-order valence-corrected chi connectivity index (χ3v) is 4.60. The summed E-state index contributed by atoms with van der Waals surface area (Å²) in [6.07, 6.45) is 1.49. The fourth-order valence-corrected chi connectivity index (χ4v) is 3.30. The Bertz CT molecular complexity index is 681. The Balaban J connectivity index is 1.77. The normalized spacial score (nSPS) is 18.2. The van der Waals surface area contributed by atoms with E-state index >= 15 is 0 Å². The molecule has 25 heavy (non-hydrogen) atoms. The van der Waals surface area contributed by atoms with Crippen molar-refractivity contribution in [2.75, 3.05) is 31.6 Å². The van der Waals surface area contributed by atoms with Crippen LogP contribution in [0.25, 0.3) is 0 Å². The van der Waals surface area contributed by atoms with Crippen molar-refractivity contribution in [3.05, 3.63) is 29.3 Å². The largest absolute Gasteiger partial charge is 0.444 e. The smallest absolute Gasteiger partial charge is 0.410 e. The molecule has 0 radical (unpaired) electrons. The topological polar surface area (TPSA) is 53.1 Å². The van der Waals surface area contributed by atoms with Crippen LogP contribution in [0.15, 0.2) is 18.2 Å². The molecule has 6 nitrogen and oxygen atoms in total. The molecular weight excluding hydrogens is 318 g/mol. The Morgan fingerprint density at radius 1 is 1.12 bits per heavy atom. The molecule has 1 saturated heterocycles. The van der Waals surface area contributed by atoms with E-state index in [9.17, 15) is 9.59 Å². The summed E-state index contributed by atoms with van der Waals surface area (Å²) in [5.74, 6) is 0. The van der Waals surface area contributed by atoms with E-state index in [1.54, 1.807) is 9.80 Å². The van der Waals surface area contributed by atoms with Gasteiger partial charge in [0.1, 0.15) is 5.60 Å². The van der Waals surface area contributed by atoms with Gasteiger partial charge in [-0.05, 0) is 56.9 Å². The van der Waals surface area contributed by atoms with Crippen LogP contribution in [0.5, 0.6) is 0 Å². The van der Waals surface area contributed by atoms with Crippen molar-refractivity contribution in [1.82, 2.24) is 9.80 Å². The van der Waals surface area contributed by atoms with Crippen molar-refractivity contribution in [3.63, 3.8) is 0 Å². The lowest BCUT2D eigenvalue weighted by Gasteiger charge is -2.35. The van der Waals surface area contributed by atoms with Crippen LogP contribution in [0.1, 0.15) is 38.3 Å². The highest BCUT2D eigenvalue weighted by molar-refractivity contribution is 5.92. The van der Waals surface area contributed by atoms with Crippen molar-refractivity contribution in [3.8, 4) is 0 Å². The molecule has 2 aliphatic heterocycles. The van der Waals surface area contributed by atoms with E-state index in [1.165, 1.54) is 5.56 Å².